The molecule has 0 radical (unpaired) electrons. The molecular formula is C21H26N2O4. The Labute approximate surface area is 159 Å². The van der Waals surface area contributed by atoms with Gasteiger partial charge in [0.05, 0.1) is 19.8 Å². The van der Waals surface area contributed by atoms with Crippen molar-refractivity contribution in [3.05, 3.63) is 35.4 Å². The van der Waals surface area contributed by atoms with Crippen LogP contribution in [0.2, 0.25) is 0 Å². The second-order valence-corrected chi connectivity index (χ2v) is 7.34. The standard InChI is InChI=1S/C21H26N2O4/c24-20(4-2-16-1-3-19-18(15-16)7-12-27-19)22-8-5-17(6-9-22)21(25)23-10-13-26-14-11-23/h1-4,15,17H,5-14H2/b4-2+. The third kappa shape index (κ3) is 4.16. The molecule has 2 saturated heterocycles. The second-order valence-electron chi connectivity index (χ2n) is 7.34. The zero-order valence-corrected chi connectivity index (χ0v) is 15.6. The molecular weight excluding hydrogens is 344 g/mol. The van der Waals surface area contributed by atoms with E-state index in [0.717, 1.165) is 37.2 Å². The van der Waals surface area contributed by atoms with Gasteiger partial charge in [0.1, 0.15) is 5.75 Å². The molecule has 0 N–H and O–H groups in total. The fourth-order valence-corrected chi connectivity index (χ4v) is 3.97. The van der Waals surface area contributed by atoms with Crippen molar-refractivity contribution in [3.8, 4) is 5.75 Å². The lowest BCUT2D eigenvalue weighted by Gasteiger charge is -2.35. The number of morpholine rings is 1. The maximum atomic E-state index is 12.6. The summed E-state index contributed by atoms with van der Waals surface area (Å²) >= 11 is 0. The first kappa shape index (κ1) is 18.0. The maximum absolute atomic E-state index is 12.6. The predicted octanol–water partition coefficient (Wildman–Crippen LogP) is 1.73. The number of piperidine rings is 1. The van der Waals surface area contributed by atoms with Gasteiger partial charge in [-0.2, -0.15) is 0 Å². The highest BCUT2D eigenvalue weighted by Crippen LogP contribution is 2.26. The highest BCUT2D eigenvalue weighted by atomic mass is 16.5. The molecule has 6 nitrogen and oxygen atoms in total. The number of nitrogens with zero attached hydrogens (tertiary/aromatic N) is 2. The van der Waals surface area contributed by atoms with Gasteiger partial charge in [-0.1, -0.05) is 6.07 Å². The van der Waals surface area contributed by atoms with Crippen LogP contribution in [0.5, 0.6) is 5.75 Å². The number of benzene rings is 1. The summed E-state index contributed by atoms with van der Waals surface area (Å²) in [6.45, 7) is 4.65. The summed E-state index contributed by atoms with van der Waals surface area (Å²) in [6, 6.07) is 6.02. The molecule has 0 bridgehead atoms. The fraction of sp³-hybridized carbons (Fsp3) is 0.524. The van der Waals surface area contributed by atoms with Crippen molar-refractivity contribution in [3.63, 3.8) is 0 Å². The van der Waals surface area contributed by atoms with Crippen molar-refractivity contribution in [2.45, 2.75) is 19.3 Å². The Kier molecular flexibility index (Phi) is 5.43. The summed E-state index contributed by atoms with van der Waals surface area (Å²) in [5, 5.41) is 0. The van der Waals surface area contributed by atoms with Crippen LogP contribution in [0.1, 0.15) is 24.0 Å². The number of fused-ring (bicyclic) bond motifs is 1. The fourth-order valence-electron chi connectivity index (χ4n) is 3.97. The monoisotopic (exact) mass is 370 g/mol. The zero-order valence-electron chi connectivity index (χ0n) is 15.6. The van der Waals surface area contributed by atoms with Crippen molar-refractivity contribution >= 4 is 17.9 Å². The van der Waals surface area contributed by atoms with Gasteiger partial charge in [-0.15, -0.1) is 0 Å². The van der Waals surface area contributed by atoms with Crippen LogP contribution in [-0.4, -0.2) is 67.6 Å². The number of hydrogen-bond donors (Lipinski definition) is 0. The Morgan fingerprint density at radius 3 is 2.56 bits per heavy atom. The van der Waals surface area contributed by atoms with Crippen LogP contribution in [0.25, 0.3) is 6.08 Å². The topological polar surface area (TPSA) is 59.1 Å². The van der Waals surface area contributed by atoms with Crippen molar-refractivity contribution < 1.29 is 19.1 Å². The second kappa shape index (κ2) is 8.13. The average molecular weight is 370 g/mol. The number of rotatable bonds is 3. The third-order valence-corrected chi connectivity index (χ3v) is 5.61. The lowest BCUT2D eigenvalue weighted by Crippen LogP contribution is -2.47. The Bertz CT molecular complexity index is 732. The van der Waals surface area contributed by atoms with Crippen LogP contribution in [-0.2, 0) is 20.7 Å². The number of carbonyl (C=O) groups is 2. The number of carbonyl (C=O) groups excluding carboxylic acids is 2. The molecule has 0 atom stereocenters. The van der Waals surface area contributed by atoms with E-state index in [9.17, 15) is 9.59 Å². The number of ether oxygens (including phenoxy) is 2. The first-order valence-electron chi connectivity index (χ1n) is 9.80. The quantitative estimate of drug-likeness (QED) is 0.761. The minimum Gasteiger partial charge on any atom is -0.493 e. The lowest BCUT2D eigenvalue weighted by molar-refractivity contribution is -0.142. The molecule has 0 aromatic heterocycles. The van der Waals surface area contributed by atoms with Crippen LogP contribution in [0.3, 0.4) is 0 Å². The van der Waals surface area contributed by atoms with Gasteiger partial charge in [0.15, 0.2) is 0 Å². The Hall–Kier alpha value is -2.34. The molecule has 27 heavy (non-hydrogen) atoms. The summed E-state index contributed by atoms with van der Waals surface area (Å²) in [4.78, 5) is 28.8. The first-order chi connectivity index (χ1) is 13.2. The summed E-state index contributed by atoms with van der Waals surface area (Å²) in [6.07, 6.45) is 5.92. The Morgan fingerprint density at radius 1 is 1.00 bits per heavy atom. The maximum Gasteiger partial charge on any atom is 0.246 e. The summed E-state index contributed by atoms with van der Waals surface area (Å²) in [5.41, 5.74) is 2.22. The van der Waals surface area contributed by atoms with Crippen molar-refractivity contribution in [1.82, 2.24) is 9.80 Å². The third-order valence-electron chi connectivity index (χ3n) is 5.61. The van der Waals surface area contributed by atoms with Crippen LogP contribution in [0.15, 0.2) is 24.3 Å². The van der Waals surface area contributed by atoms with E-state index in [1.807, 2.05) is 28.0 Å². The molecule has 0 unspecified atom stereocenters. The first-order valence-corrected chi connectivity index (χ1v) is 9.80. The van der Waals surface area contributed by atoms with Gasteiger partial charge in [0.25, 0.3) is 0 Å². The van der Waals surface area contributed by atoms with Gasteiger partial charge in [-0.3, -0.25) is 9.59 Å². The van der Waals surface area contributed by atoms with Gasteiger partial charge in [0.2, 0.25) is 11.8 Å². The molecule has 0 saturated carbocycles. The molecule has 0 aliphatic carbocycles. The van der Waals surface area contributed by atoms with Gasteiger partial charge in [-0.05, 0) is 42.2 Å². The zero-order chi connectivity index (χ0) is 18.6. The molecule has 3 heterocycles. The van der Waals surface area contributed by atoms with E-state index in [1.165, 1.54) is 5.56 Å². The van der Waals surface area contributed by atoms with Crippen molar-refractivity contribution in [1.29, 1.82) is 0 Å². The number of amides is 2. The number of likely N-dealkylation sites (tertiary alicyclic amines) is 1. The Morgan fingerprint density at radius 2 is 1.78 bits per heavy atom. The van der Waals surface area contributed by atoms with E-state index in [4.69, 9.17) is 9.47 Å². The molecule has 6 heteroatoms. The summed E-state index contributed by atoms with van der Waals surface area (Å²) < 4.78 is 10.8. The van der Waals surface area contributed by atoms with Gasteiger partial charge in [-0.25, -0.2) is 0 Å². The average Bonchev–Trinajstić information content (AvgIpc) is 3.20. The van der Waals surface area contributed by atoms with E-state index >= 15 is 0 Å². The van der Waals surface area contributed by atoms with Crippen LogP contribution >= 0.6 is 0 Å². The van der Waals surface area contributed by atoms with Gasteiger partial charge in [0, 0.05) is 44.6 Å². The van der Waals surface area contributed by atoms with Crippen molar-refractivity contribution in [2.75, 3.05) is 46.0 Å². The highest BCUT2D eigenvalue weighted by molar-refractivity contribution is 5.92. The smallest absolute Gasteiger partial charge is 0.246 e. The summed E-state index contributed by atoms with van der Waals surface area (Å²) in [5.74, 6) is 1.23. The molecule has 0 spiro atoms. The molecule has 1 aromatic rings. The highest BCUT2D eigenvalue weighted by Gasteiger charge is 2.30. The van der Waals surface area contributed by atoms with E-state index in [0.29, 0.717) is 39.4 Å². The predicted molar refractivity (Wildman–Crippen MR) is 101 cm³/mol. The van der Waals surface area contributed by atoms with Crippen LogP contribution in [0, 0.1) is 5.92 Å². The summed E-state index contributed by atoms with van der Waals surface area (Å²) in [7, 11) is 0. The van der Waals surface area contributed by atoms with E-state index in [2.05, 4.69) is 6.07 Å². The van der Waals surface area contributed by atoms with Crippen molar-refractivity contribution in [2.24, 2.45) is 5.92 Å². The number of hydrogen-bond acceptors (Lipinski definition) is 4. The molecule has 4 rings (SSSR count). The molecule has 2 amide bonds. The molecule has 1 aromatic carbocycles. The van der Waals surface area contributed by atoms with Crippen LogP contribution in [0.4, 0.5) is 0 Å². The van der Waals surface area contributed by atoms with E-state index in [1.54, 1.807) is 6.08 Å². The van der Waals surface area contributed by atoms with Gasteiger partial charge >= 0.3 is 0 Å². The lowest BCUT2D eigenvalue weighted by atomic mass is 9.95. The van der Waals surface area contributed by atoms with E-state index < -0.39 is 0 Å². The largest absolute Gasteiger partial charge is 0.493 e. The minimum atomic E-state index is 0.0176. The normalized spacial score (nSPS) is 20.6. The molecule has 144 valence electrons. The minimum absolute atomic E-state index is 0.0176. The Balaban J connectivity index is 1.29. The SMILES string of the molecule is O=C(/C=C/c1ccc2c(c1)CCO2)N1CCC(C(=O)N2CCOCC2)CC1. The van der Waals surface area contributed by atoms with Gasteiger partial charge < -0.3 is 19.3 Å². The van der Waals surface area contributed by atoms with E-state index in [-0.39, 0.29) is 17.7 Å². The molecule has 3 aliphatic heterocycles. The molecule has 3 aliphatic rings. The molecule has 2 fully saturated rings. The van der Waals surface area contributed by atoms with Crippen LogP contribution < -0.4 is 4.74 Å².